The van der Waals surface area contributed by atoms with Crippen LogP contribution in [0.1, 0.15) is 22.6 Å². The summed E-state index contributed by atoms with van der Waals surface area (Å²) in [6.07, 6.45) is -0.188. The number of anilines is 1. The molecule has 1 unspecified atom stereocenters. The van der Waals surface area contributed by atoms with Crippen LogP contribution in [0.15, 0.2) is 41.3 Å². The second-order valence-corrected chi connectivity index (χ2v) is 8.92. The summed E-state index contributed by atoms with van der Waals surface area (Å²) in [7, 11) is 0. The third-order valence-corrected chi connectivity index (χ3v) is 7.01. The molecule has 4 rings (SSSR count). The highest BCUT2D eigenvalue weighted by Gasteiger charge is 2.35. The fourth-order valence-corrected chi connectivity index (χ4v) is 5.43. The topological polar surface area (TPSA) is 70.5 Å². The van der Waals surface area contributed by atoms with Crippen LogP contribution in [0.5, 0.6) is 0 Å². The predicted molar refractivity (Wildman–Crippen MR) is 109 cm³/mol. The number of para-hydroxylation sites is 1. The van der Waals surface area contributed by atoms with Crippen molar-refractivity contribution in [3.05, 3.63) is 52.5 Å². The van der Waals surface area contributed by atoms with E-state index in [-0.39, 0.29) is 12.3 Å². The molecule has 2 aromatic carbocycles. The summed E-state index contributed by atoms with van der Waals surface area (Å²) in [6.45, 7) is 4.47. The number of aliphatic carboxylic acids is 1. The summed E-state index contributed by atoms with van der Waals surface area (Å²) in [6, 6.07) is 11.8. The first kappa shape index (κ1) is 18.0. The number of thiazole rings is 1. The van der Waals surface area contributed by atoms with E-state index in [1.165, 1.54) is 17.3 Å². The highest BCUT2D eigenvalue weighted by molar-refractivity contribution is 8.01. The minimum Gasteiger partial charge on any atom is -0.481 e. The van der Waals surface area contributed by atoms with Crippen molar-refractivity contribution >= 4 is 50.9 Å². The molecule has 3 aromatic rings. The van der Waals surface area contributed by atoms with E-state index in [1.54, 1.807) is 16.2 Å². The summed E-state index contributed by atoms with van der Waals surface area (Å²) in [5.41, 5.74) is 4.14. The average molecular weight is 399 g/mol. The number of aryl methyl sites for hydroxylation is 2. The predicted octanol–water partition coefficient (Wildman–Crippen LogP) is 4.40. The number of carboxylic acids is 1. The molecule has 0 fully saturated rings. The van der Waals surface area contributed by atoms with Gasteiger partial charge in [0.1, 0.15) is 5.01 Å². The zero-order valence-corrected chi connectivity index (χ0v) is 16.6. The van der Waals surface area contributed by atoms with Gasteiger partial charge >= 0.3 is 5.97 Å². The Morgan fingerprint density at radius 3 is 2.78 bits per heavy atom. The highest BCUT2D eigenvalue weighted by Crippen LogP contribution is 2.41. The van der Waals surface area contributed by atoms with Crippen molar-refractivity contribution in [1.82, 2.24) is 4.98 Å². The molecule has 5 nitrogen and oxygen atoms in total. The van der Waals surface area contributed by atoms with Gasteiger partial charge in [-0.05, 0) is 43.2 Å². The van der Waals surface area contributed by atoms with E-state index in [4.69, 9.17) is 10.1 Å². The van der Waals surface area contributed by atoms with Gasteiger partial charge in [-0.1, -0.05) is 18.2 Å². The second kappa shape index (κ2) is 6.98. The number of carbonyl (C=O) groups is 2. The Bertz CT molecular complexity index is 1060. The lowest BCUT2D eigenvalue weighted by Crippen LogP contribution is -2.41. The molecule has 0 bridgehead atoms. The van der Waals surface area contributed by atoms with Crippen molar-refractivity contribution in [1.29, 1.82) is 0 Å². The molecule has 0 aliphatic carbocycles. The molecule has 0 saturated carbocycles. The summed E-state index contributed by atoms with van der Waals surface area (Å²) in [5.74, 6) is -1.14. The number of rotatable bonds is 4. The Labute approximate surface area is 165 Å². The number of carbonyl (C=O) groups excluding carboxylic acids is 1. The summed E-state index contributed by atoms with van der Waals surface area (Å²) in [5, 5.41) is 9.40. The maximum absolute atomic E-state index is 13.0. The zero-order chi connectivity index (χ0) is 19.1. The molecule has 1 aromatic heterocycles. The Balaban J connectivity index is 1.72. The van der Waals surface area contributed by atoms with E-state index in [9.17, 15) is 9.59 Å². The number of hydrogen-bond acceptors (Lipinski definition) is 5. The molecule has 138 valence electrons. The molecule has 1 aliphatic rings. The lowest BCUT2D eigenvalue weighted by atomic mass is 10.1. The van der Waals surface area contributed by atoms with E-state index < -0.39 is 11.2 Å². The maximum atomic E-state index is 13.0. The van der Waals surface area contributed by atoms with Crippen molar-refractivity contribution in [2.24, 2.45) is 0 Å². The highest BCUT2D eigenvalue weighted by atomic mass is 32.2. The lowest BCUT2D eigenvalue weighted by molar-refractivity contribution is -0.138. The number of thioether (sulfide) groups is 1. The van der Waals surface area contributed by atoms with Gasteiger partial charge in [0.05, 0.1) is 34.1 Å². The van der Waals surface area contributed by atoms with Gasteiger partial charge in [0.25, 0.3) is 0 Å². The zero-order valence-electron chi connectivity index (χ0n) is 14.9. The number of nitrogens with zero attached hydrogens (tertiary/aromatic N) is 2. The SMILES string of the molecule is Cc1ccc2sc(CN3C(=O)C(CC(=O)O)Sc4ccccc43)nc2c1C. The van der Waals surface area contributed by atoms with Crippen LogP contribution in [0.3, 0.4) is 0 Å². The van der Waals surface area contributed by atoms with Crippen LogP contribution in [0, 0.1) is 13.8 Å². The maximum Gasteiger partial charge on any atom is 0.305 e. The van der Waals surface area contributed by atoms with E-state index in [2.05, 4.69) is 26.0 Å². The Hall–Kier alpha value is -2.38. The van der Waals surface area contributed by atoms with Crippen LogP contribution in [0.2, 0.25) is 0 Å². The van der Waals surface area contributed by atoms with Crippen LogP contribution in [0.4, 0.5) is 5.69 Å². The van der Waals surface area contributed by atoms with Gasteiger partial charge in [-0.2, -0.15) is 0 Å². The molecule has 0 spiro atoms. The molecule has 0 saturated heterocycles. The van der Waals surface area contributed by atoms with Crippen molar-refractivity contribution in [2.45, 2.75) is 37.0 Å². The van der Waals surface area contributed by atoms with E-state index in [0.717, 1.165) is 31.4 Å². The standard InChI is InChI=1S/C20H18N2O3S2/c1-11-7-8-15-19(12(11)2)21-17(27-15)10-22-13-5-3-4-6-14(13)26-16(20(22)25)9-18(23)24/h3-8,16H,9-10H2,1-2H3,(H,23,24). The quantitative estimate of drug-likeness (QED) is 0.705. The smallest absolute Gasteiger partial charge is 0.305 e. The third-order valence-electron chi connectivity index (χ3n) is 4.75. The monoisotopic (exact) mass is 398 g/mol. The van der Waals surface area contributed by atoms with Gasteiger partial charge in [0, 0.05) is 4.90 Å². The second-order valence-electron chi connectivity index (χ2n) is 6.56. The molecule has 1 aliphatic heterocycles. The Kier molecular flexibility index (Phi) is 4.65. The first-order valence-corrected chi connectivity index (χ1v) is 10.3. The molecule has 0 radical (unpaired) electrons. The minimum absolute atomic E-state index is 0.173. The molecular weight excluding hydrogens is 380 g/mol. The van der Waals surface area contributed by atoms with Gasteiger partial charge in [-0.3, -0.25) is 9.59 Å². The normalized spacial score (nSPS) is 16.6. The number of carboxylic acid groups (broad SMARTS) is 1. The van der Waals surface area contributed by atoms with Crippen LogP contribution in [-0.2, 0) is 16.1 Å². The molecule has 1 N–H and O–H groups in total. The van der Waals surface area contributed by atoms with Gasteiger partial charge in [0.15, 0.2) is 0 Å². The van der Waals surface area contributed by atoms with Gasteiger partial charge in [-0.15, -0.1) is 23.1 Å². The Morgan fingerprint density at radius 2 is 2.00 bits per heavy atom. The Morgan fingerprint density at radius 1 is 1.22 bits per heavy atom. The van der Waals surface area contributed by atoms with Crippen LogP contribution < -0.4 is 4.90 Å². The molecular formula is C20H18N2O3S2. The molecule has 1 amide bonds. The molecule has 7 heteroatoms. The van der Waals surface area contributed by atoms with Crippen molar-refractivity contribution < 1.29 is 14.7 Å². The summed E-state index contributed by atoms with van der Waals surface area (Å²) >= 11 is 2.91. The fourth-order valence-electron chi connectivity index (χ4n) is 3.20. The number of aromatic nitrogens is 1. The first-order valence-electron chi connectivity index (χ1n) is 8.58. The van der Waals surface area contributed by atoms with Crippen molar-refractivity contribution in [3.8, 4) is 0 Å². The van der Waals surface area contributed by atoms with E-state index in [0.29, 0.717) is 6.54 Å². The summed E-state index contributed by atoms with van der Waals surface area (Å²) in [4.78, 5) is 31.5. The van der Waals surface area contributed by atoms with Crippen LogP contribution in [-0.4, -0.2) is 27.2 Å². The fraction of sp³-hybridized carbons (Fsp3) is 0.250. The molecule has 2 heterocycles. The number of amides is 1. The first-order chi connectivity index (χ1) is 12.9. The largest absolute Gasteiger partial charge is 0.481 e. The van der Waals surface area contributed by atoms with Gasteiger partial charge < -0.3 is 10.0 Å². The van der Waals surface area contributed by atoms with Gasteiger partial charge in [-0.25, -0.2) is 4.98 Å². The summed E-state index contributed by atoms with van der Waals surface area (Å²) < 4.78 is 1.10. The van der Waals surface area contributed by atoms with Gasteiger partial charge in [0.2, 0.25) is 5.91 Å². The van der Waals surface area contributed by atoms with Crippen molar-refractivity contribution in [2.75, 3.05) is 4.90 Å². The average Bonchev–Trinajstić information content (AvgIpc) is 3.05. The van der Waals surface area contributed by atoms with E-state index in [1.807, 2.05) is 24.3 Å². The molecule has 1 atom stereocenters. The lowest BCUT2D eigenvalue weighted by Gasteiger charge is -2.32. The van der Waals surface area contributed by atoms with Crippen LogP contribution >= 0.6 is 23.1 Å². The van der Waals surface area contributed by atoms with E-state index >= 15 is 0 Å². The minimum atomic E-state index is -0.966. The number of benzene rings is 2. The number of fused-ring (bicyclic) bond motifs is 2. The van der Waals surface area contributed by atoms with Crippen LogP contribution in [0.25, 0.3) is 10.2 Å². The number of hydrogen-bond donors (Lipinski definition) is 1. The van der Waals surface area contributed by atoms with Crippen molar-refractivity contribution in [3.63, 3.8) is 0 Å². The molecule has 27 heavy (non-hydrogen) atoms. The third kappa shape index (κ3) is 3.33.